The van der Waals surface area contributed by atoms with Crippen molar-refractivity contribution in [3.8, 4) is 10.8 Å². The zero-order valence-corrected chi connectivity index (χ0v) is 11.5. The molecule has 1 aromatic heterocycles. The second-order valence-electron chi connectivity index (χ2n) is 3.50. The second kappa shape index (κ2) is 6.16. The van der Waals surface area contributed by atoms with Crippen molar-refractivity contribution in [2.75, 3.05) is 12.4 Å². The fraction of sp³-hybridized carbons (Fsp3) is 0.167. The van der Waals surface area contributed by atoms with Crippen LogP contribution in [0.2, 0.25) is 0 Å². The maximum absolute atomic E-state index is 12.5. The molecule has 0 spiro atoms. The molecule has 0 fully saturated rings. The predicted molar refractivity (Wildman–Crippen MR) is 72.6 cm³/mol. The number of anilines is 1. The number of hydrogen-bond acceptors (Lipinski definition) is 3. The molecule has 0 aliphatic rings. The van der Waals surface area contributed by atoms with Gasteiger partial charge in [0, 0.05) is 7.05 Å². The van der Waals surface area contributed by atoms with Gasteiger partial charge in [-0.3, -0.25) is 0 Å². The van der Waals surface area contributed by atoms with Crippen LogP contribution in [0, 0.1) is 0 Å². The first-order chi connectivity index (χ1) is 8.49. The summed E-state index contributed by atoms with van der Waals surface area (Å²) in [6, 6.07) is 8.32. The van der Waals surface area contributed by atoms with Crippen molar-refractivity contribution >= 4 is 28.7 Å². The van der Waals surface area contributed by atoms with E-state index >= 15 is 0 Å². The number of ether oxygens (including phenoxy) is 1. The van der Waals surface area contributed by atoms with Crippen molar-refractivity contribution in [1.29, 1.82) is 0 Å². The molecule has 0 aliphatic heterocycles. The largest absolute Gasteiger partial charge is 0.447 e. The van der Waals surface area contributed by atoms with Crippen molar-refractivity contribution in [2.45, 2.75) is 6.18 Å². The first-order valence-electron chi connectivity index (χ1n) is 5.12. The van der Waals surface area contributed by atoms with Gasteiger partial charge in [-0.25, -0.2) is 0 Å². The van der Waals surface area contributed by atoms with Crippen molar-refractivity contribution < 1.29 is 17.9 Å². The molecule has 0 atom stereocenters. The lowest BCUT2D eigenvalue weighted by Gasteiger charge is -2.08. The zero-order chi connectivity index (χ0) is 13.2. The second-order valence-corrected chi connectivity index (χ2v) is 4.54. The first kappa shape index (κ1) is 15.7. The van der Waals surface area contributed by atoms with E-state index in [2.05, 4.69) is 5.32 Å². The number of benzene rings is 1. The fourth-order valence-electron chi connectivity index (χ4n) is 1.36. The summed E-state index contributed by atoms with van der Waals surface area (Å²) in [5, 5.41) is 4.35. The van der Waals surface area contributed by atoms with Crippen LogP contribution in [-0.4, -0.2) is 7.05 Å². The van der Waals surface area contributed by atoms with Crippen LogP contribution in [-0.2, 0) is 6.18 Å². The van der Waals surface area contributed by atoms with Gasteiger partial charge in [-0.1, -0.05) is 17.4 Å². The maximum Gasteiger partial charge on any atom is 0.416 e. The highest BCUT2D eigenvalue weighted by Crippen LogP contribution is 2.35. The van der Waals surface area contributed by atoms with Gasteiger partial charge < -0.3 is 10.1 Å². The minimum Gasteiger partial charge on any atom is -0.447 e. The van der Waals surface area contributed by atoms with Crippen LogP contribution in [0.3, 0.4) is 0 Å². The van der Waals surface area contributed by atoms with Gasteiger partial charge in [0.25, 0.3) is 0 Å². The SMILES string of the molecule is CNc1ccc(Oc2cccc(C(F)(F)F)c2)s1.Cl. The maximum atomic E-state index is 12.5. The van der Waals surface area contributed by atoms with Crippen molar-refractivity contribution in [1.82, 2.24) is 0 Å². The monoisotopic (exact) mass is 309 g/mol. The number of rotatable bonds is 3. The average Bonchev–Trinajstić information content (AvgIpc) is 2.76. The lowest BCUT2D eigenvalue weighted by atomic mass is 10.2. The van der Waals surface area contributed by atoms with Crippen LogP contribution >= 0.6 is 23.7 Å². The van der Waals surface area contributed by atoms with Crippen LogP contribution in [0.4, 0.5) is 18.2 Å². The van der Waals surface area contributed by atoms with Crippen LogP contribution in [0.15, 0.2) is 36.4 Å². The highest BCUT2D eigenvalue weighted by Gasteiger charge is 2.30. The van der Waals surface area contributed by atoms with E-state index in [0.717, 1.165) is 17.1 Å². The van der Waals surface area contributed by atoms with Crippen LogP contribution < -0.4 is 10.1 Å². The van der Waals surface area contributed by atoms with Crippen molar-refractivity contribution in [2.24, 2.45) is 0 Å². The molecule has 1 N–H and O–H groups in total. The van der Waals surface area contributed by atoms with Crippen LogP contribution in [0.25, 0.3) is 0 Å². The Labute approximate surface area is 118 Å². The molecule has 0 unspecified atom stereocenters. The summed E-state index contributed by atoms with van der Waals surface area (Å²) in [6.45, 7) is 0. The third-order valence-corrected chi connectivity index (χ3v) is 3.19. The molecule has 2 aromatic rings. The molecular formula is C12H11ClF3NOS. The Morgan fingerprint density at radius 2 is 1.89 bits per heavy atom. The van der Waals surface area contributed by atoms with Gasteiger partial charge in [0.15, 0.2) is 5.06 Å². The van der Waals surface area contributed by atoms with Gasteiger partial charge in [0.2, 0.25) is 0 Å². The van der Waals surface area contributed by atoms with Gasteiger partial charge >= 0.3 is 6.18 Å². The Morgan fingerprint density at radius 3 is 2.47 bits per heavy atom. The van der Waals surface area contributed by atoms with E-state index in [1.165, 1.54) is 23.5 Å². The van der Waals surface area contributed by atoms with Gasteiger partial charge in [0.1, 0.15) is 5.75 Å². The molecule has 1 heterocycles. The Kier molecular flexibility index (Phi) is 5.08. The zero-order valence-electron chi connectivity index (χ0n) is 9.82. The van der Waals surface area contributed by atoms with E-state index in [9.17, 15) is 13.2 Å². The van der Waals surface area contributed by atoms with Gasteiger partial charge in [0.05, 0.1) is 10.6 Å². The third-order valence-electron chi connectivity index (χ3n) is 2.21. The lowest BCUT2D eigenvalue weighted by Crippen LogP contribution is -2.04. The van der Waals surface area contributed by atoms with Crippen molar-refractivity contribution in [3.63, 3.8) is 0 Å². The molecule has 0 amide bonds. The number of hydrogen-bond donors (Lipinski definition) is 1. The summed E-state index contributed by atoms with van der Waals surface area (Å²) >= 11 is 1.33. The minimum atomic E-state index is -4.36. The normalized spacial score (nSPS) is 10.7. The summed E-state index contributed by atoms with van der Waals surface area (Å²) in [6.07, 6.45) is -4.36. The Morgan fingerprint density at radius 1 is 1.16 bits per heavy atom. The third kappa shape index (κ3) is 4.04. The number of halogens is 4. The lowest BCUT2D eigenvalue weighted by molar-refractivity contribution is -0.137. The Hall–Kier alpha value is -1.40. The van der Waals surface area contributed by atoms with E-state index in [1.54, 1.807) is 19.2 Å². The van der Waals surface area contributed by atoms with E-state index in [0.29, 0.717) is 5.06 Å². The fourth-order valence-corrected chi connectivity index (χ4v) is 2.09. The minimum absolute atomic E-state index is 0. The Balaban J connectivity index is 0.00000180. The first-order valence-corrected chi connectivity index (χ1v) is 5.93. The van der Waals surface area contributed by atoms with Crippen molar-refractivity contribution in [3.05, 3.63) is 42.0 Å². The summed E-state index contributed by atoms with van der Waals surface area (Å²) in [5.74, 6) is 0.175. The molecular weight excluding hydrogens is 299 g/mol. The van der Waals surface area contributed by atoms with E-state index in [1.807, 2.05) is 0 Å². The summed E-state index contributed by atoms with van der Waals surface area (Å²) in [7, 11) is 1.76. The molecule has 104 valence electrons. The van der Waals surface area contributed by atoms with Gasteiger partial charge in [-0.15, -0.1) is 12.4 Å². The highest BCUT2D eigenvalue weighted by atomic mass is 35.5. The number of nitrogens with one attached hydrogen (secondary N) is 1. The molecule has 1 aromatic carbocycles. The molecule has 0 saturated carbocycles. The smallest absolute Gasteiger partial charge is 0.416 e. The molecule has 0 radical (unpaired) electrons. The summed E-state index contributed by atoms with van der Waals surface area (Å²) in [4.78, 5) is 0. The highest BCUT2D eigenvalue weighted by molar-refractivity contribution is 7.17. The number of alkyl halides is 3. The van der Waals surface area contributed by atoms with Gasteiger partial charge in [-0.2, -0.15) is 13.2 Å². The predicted octanol–water partition coefficient (Wildman–Crippen LogP) is 5.02. The van der Waals surface area contributed by atoms with Gasteiger partial charge in [-0.05, 0) is 30.3 Å². The van der Waals surface area contributed by atoms with E-state index in [-0.39, 0.29) is 18.2 Å². The van der Waals surface area contributed by atoms with Crippen LogP contribution in [0.5, 0.6) is 10.8 Å². The molecule has 0 bridgehead atoms. The molecule has 0 saturated heterocycles. The summed E-state index contributed by atoms with van der Waals surface area (Å²) in [5.41, 5.74) is -0.717. The standard InChI is InChI=1S/C12H10F3NOS.ClH/c1-16-10-5-6-11(18-10)17-9-4-2-3-8(7-9)12(13,14)15;/h2-7,16H,1H3;1H. The molecule has 2 nitrogen and oxygen atoms in total. The molecule has 19 heavy (non-hydrogen) atoms. The molecule has 0 aliphatic carbocycles. The van der Waals surface area contributed by atoms with Crippen LogP contribution in [0.1, 0.15) is 5.56 Å². The average molecular weight is 310 g/mol. The van der Waals surface area contributed by atoms with E-state index in [4.69, 9.17) is 4.74 Å². The molecule has 2 rings (SSSR count). The topological polar surface area (TPSA) is 21.3 Å². The van der Waals surface area contributed by atoms with E-state index < -0.39 is 11.7 Å². The Bertz CT molecular complexity index is 542. The summed E-state index contributed by atoms with van der Waals surface area (Å²) < 4.78 is 42.9. The number of thiophene rings is 1. The quantitative estimate of drug-likeness (QED) is 0.859. The molecule has 7 heteroatoms.